The van der Waals surface area contributed by atoms with Crippen LogP contribution < -0.4 is 15.4 Å². The number of amides is 2. The number of anilines is 1. The van der Waals surface area contributed by atoms with Crippen molar-refractivity contribution in [3.8, 4) is 5.75 Å². The second kappa shape index (κ2) is 12.3. The number of nitrogens with zero attached hydrogens (tertiary/aromatic N) is 1. The molecule has 0 spiro atoms. The first kappa shape index (κ1) is 25.4. The van der Waals surface area contributed by atoms with Crippen molar-refractivity contribution in [2.24, 2.45) is 5.92 Å². The van der Waals surface area contributed by atoms with Gasteiger partial charge in [0, 0.05) is 25.3 Å². The molecule has 0 aromatic heterocycles. The number of benzene rings is 2. The van der Waals surface area contributed by atoms with Crippen LogP contribution in [0.25, 0.3) is 0 Å². The Bertz CT molecular complexity index is 934. The minimum absolute atomic E-state index is 0.210. The molecule has 2 saturated heterocycles. The number of halogens is 2. The van der Waals surface area contributed by atoms with Gasteiger partial charge in [0.2, 0.25) is 0 Å². The van der Waals surface area contributed by atoms with E-state index in [-0.39, 0.29) is 12.2 Å². The number of rotatable bonds is 8. The van der Waals surface area contributed by atoms with Gasteiger partial charge < -0.3 is 25.0 Å². The quantitative estimate of drug-likeness (QED) is 0.562. The van der Waals surface area contributed by atoms with Crippen LogP contribution in [-0.4, -0.2) is 62.1 Å². The summed E-state index contributed by atoms with van der Waals surface area (Å²) in [6.07, 6.45) is 1.70. The summed E-state index contributed by atoms with van der Waals surface area (Å²) in [6, 6.07) is 12.6. The van der Waals surface area contributed by atoms with Crippen molar-refractivity contribution in [3.63, 3.8) is 0 Å². The second-order valence-electron chi connectivity index (χ2n) is 9.37. The van der Waals surface area contributed by atoms with Gasteiger partial charge in [-0.05, 0) is 87.2 Å². The number of nitrogens with one attached hydrogen (secondary N) is 2. The largest absolute Gasteiger partial charge is 0.494 e. The van der Waals surface area contributed by atoms with Crippen LogP contribution in [0.2, 0.25) is 0 Å². The number of ether oxygens (including phenoxy) is 2. The standard InChI is InChI=1S/C27H35F2N3O3/c1-2-34-23-9-7-22(8-10-23)30-27(33)31-26-24(29)13-16-35-25(26)18-32-14-11-20(12-15-32)17-19-3-5-21(28)6-4-19/h3-10,20,24-26H,2,11-18H2,1H3,(H2,30,31,33). The molecule has 3 atom stereocenters. The molecule has 8 heteroatoms. The van der Waals surface area contributed by atoms with Crippen LogP contribution in [0.1, 0.15) is 31.7 Å². The molecule has 2 N–H and O–H groups in total. The van der Waals surface area contributed by atoms with Crippen molar-refractivity contribution in [1.82, 2.24) is 10.2 Å². The van der Waals surface area contributed by atoms with Crippen molar-refractivity contribution in [2.75, 3.05) is 38.2 Å². The molecule has 0 aliphatic carbocycles. The summed E-state index contributed by atoms with van der Waals surface area (Å²) in [5.74, 6) is 1.06. The summed E-state index contributed by atoms with van der Waals surface area (Å²) in [4.78, 5) is 14.9. The molecule has 2 heterocycles. The lowest BCUT2D eigenvalue weighted by molar-refractivity contribution is -0.0590. The van der Waals surface area contributed by atoms with Crippen molar-refractivity contribution >= 4 is 11.7 Å². The lowest BCUT2D eigenvalue weighted by Gasteiger charge is -2.39. The average molecular weight is 488 g/mol. The summed E-state index contributed by atoms with van der Waals surface area (Å²) in [7, 11) is 0. The molecule has 190 valence electrons. The molecule has 2 aliphatic rings. The first-order valence-corrected chi connectivity index (χ1v) is 12.5. The Morgan fingerprint density at radius 1 is 1.09 bits per heavy atom. The van der Waals surface area contributed by atoms with E-state index >= 15 is 0 Å². The normalized spacial score (nSPS) is 23.6. The van der Waals surface area contributed by atoms with Crippen LogP contribution in [0, 0.1) is 11.7 Å². The van der Waals surface area contributed by atoms with Crippen molar-refractivity contribution in [2.45, 2.75) is 50.9 Å². The predicted octanol–water partition coefficient (Wildman–Crippen LogP) is 4.80. The highest BCUT2D eigenvalue weighted by molar-refractivity contribution is 5.89. The van der Waals surface area contributed by atoms with Crippen LogP contribution in [-0.2, 0) is 11.2 Å². The molecular weight excluding hydrogens is 452 g/mol. The zero-order chi connectivity index (χ0) is 24.6. The number of carbonyl (C=O) groups is 1. The molecule has 3 unspecified atom stereocenters. The first-order chi connectivity index (χ1) is 17.0. The number of urea groups is 1. The Morgan fingerprint density at radius 3 is 2.49 bits per heavy atom. The predicted molar refractivity (Wildman–Crippen MR) is 132 cm³/mol. The number of alkyl halides is 1. The maximum absolute atomic E-state index is 14.8. The van der Waals surface area contributed by atoms with Gasteiger partial charge in [-0.2, -0.15) is 0 Å². The summed E-state index contributed by atoms with van der Waals surface area (Å²) in [6.45, 7) is 5.21. The highest BCUT2D eigenvalue weighted by Gasteiger charge is 2.37. The van der Waals surface area contributed by atoms with Gasteiger partial charge in [-0.25, -0.2) is 13.6 Å². The fourth-order valence-electron chi connectivity index (χ4n) is 4.90. The maximum Gasteiger partial charge on any atom is 0.319 e. The average Bonchev–Trinajstić information content (AvgIpc) is 2.85. The fourth-order valence-corrected chi connectivity index (χ4v) is 4.90. The molecule has 2 fully saturated rings. The van der Waals surface area contributed by atoms with Crippen LogP contribution >= 0.6 is 0 Å². The minimum atomic E-state index is -1.16. The number of carbonyl (C=O) groups excluding carboxylic acids is 1. The molecule has 0 bridgehead atoms. The monoisotopic (exact) mass is 487 g/mol. The van der Waals surface area contributed by atoms with Crippen molar-refractivity contribution in [1.29, 1.82) is 0 Å². The van der Waals surface area contributed by atoms with Crippen LogP contribution in [0.15, 0.2) is 48.5 Å². The lowest BCUT2D eigenvalue weighted by Crippen LogP contribution is -2.58. The molecule has 4 rings (SSSR count). The van der Waals surface area contributed by atoms with E-state index in [9.17, 15) is 13.6 Å². The van der Waals surface area contributed by atoms with E-state index in [1.807, 2.05) is 19.1 Å². The summed E-state index contributed by atoms with van der Waals surface area (Å²) in [5, 5.41) is 5.57. The minimum Gasteiger partial charge on any atom is -0.494 e. The second-order valence-corrected chi connectivity index (χ2v) is 9.37. The van der Waals surface area contributed by atoms with Crippen LogP contribution in [0.5, 0.6) is 5.75 Å². The molecule has 0 radical (unpaired) electrons. The zero-order valence-electron chi connectivity index (χ0n) is 20.2. The molecular formula is C27H35F2N3O3. The molecule has 35 heavy (non-hydrogen) atoms. The molecule has 2 aromatic rings. The Hall–Kier alpha value is -2.71. The zero-order valence-corrected chi connectivity index (χ0v) is 20.2. The summed E-state index contributed by atoms with van der Waals surface area (Å²) < 4.78 is 39.3. The summed E-state index contributed by atoms with van der Waals surface area (Å²) in [5.41, 5.74) is 1.77. The van der Waals surface area contributed by atoms with Crippen LogP contribution in [0.3, 0.4) is 0 Å². The Labute approximate surface area is 206 Å². The van der Waals surface area contributed by atoms with Gasteiger partial charge in [0.05, 0.1) is 18.8 Å². The Kier molecular flexibility index (Phi) is 8.93. The van der Waals surface area contributed by atoms with Crippen molar-refractivity contribution in [3.05, 3.63) is 59.9 Å². The van der Waals surface area contributed by atoms with Gasteiger partial charge in [0.15, 0.2) is 0 Å². The van der Waals surface area contributed by atoms with Gasteiger partial charge in [0.25, 0.3) is 0 Å². The molecule has 2 aromatic carbocycles. The van der Waals surface area contributed by atoms with E-state index in [4.69, 9.17) is 9.47 Å². The Balaban J connectivity index is 1.26. The number of piperidine rings is 1. The number of likely N-dealkylation sites (tertiary alicyclic amines) is 1. The molecule has 2 amide bonds. The molecule has 0 saturated carbocycles. The van der Waals surface area contributed by atoms with Gasteiger partial charge >= 0.3 is 6.03 Å². The maximum atomic E-state index is 14.8. The van der Waals surface area contributed by atoms with Crippen molar-refractivity contribution < 1.29 is 23.0 Å². The third-order valence-corrected chi connectivity index (χ3v) is 6.82. The highest BCUT2D eigenvalue weighted by Crippen LogP contribution is 2.25. The number of hydrogen-bond donors (Lipinski definition) is 2. The van der Waals surface area contributed by atoms with E-state index in [0.29, 0.717) is 31.4 Å². The van der Waals surface area contributed by atoms with E-state index < -0.39 is 24.3 Å². The van der Waals surface area contributed by atoms with Gasteiger partial charge in [0.1, 0.15) is 17.7 Å². The molecule has 6 nitrogen and oxygen atoms in total. The van der Waals surface area contributed by atoms with Gasteiger partial charge in [-0.1, -0.05) is 12.1 Å². The van der Waals surface area contributed by atoms with E-state index in [1.54, 1.807) is 24.3 Å². The van der Waals surface area contributed by atoms with Crippen LogP contribution in [0.4, 0.5) is 19.3 Å². The lowest BCUT2D eigenvalue weighted by atomic mass is 9.89. The third kappa shape index (κ3) is 7.39. The molecule has 2 aliphatic heterocycles. The third-order valence-electron chi connectivity index (χ3n) is 6.82. The van der Waals surface area contributed by atoms with Gasteiger partial charge in [-0.15, -0.1) is 0 Å². The number of hydrogen-bond acceptors (Lipinski definition) is 4. The fraction of sp³-hybridized carbons (Fsp3) is 0.519. The highest BCUT2D eigenvalue weighted by atomic mass is 19.1. The summed E-state index contributed by atoms with van der Waals surface area (Å²) >= 11 is 0. The van der Waals surface area contributed by atoms with Gasteiger partial charge in [-0.3, -0.25) is 0 Å². The smallest absolute Gasteiger partial charge is 0.319 e. The van der Waals surface area contributed by atoms with E-state index in [2.05, 4.69) is 15.5 Å². The first-order valence-electron chi connectivity index (χ1n) is 12.5. The SMILES string of the molecule is CCOc1ccc(NC(=O)NC2C(F)CCOC2CN2CCC(Cc3ccc(F)cc3)CC2)cc1. The Morgan fingerprint density at radius 2 is 1.80 bits per heavy atom. The van der Waals surface area contributed by atoms with E-state index in [0.717, 1.165) is 43.7 Å². The van der Waals surface area contributed by atoms with E-state index in [1.165, 1.54) is 12.1 Å². The topological polar surface area (TPSA) is 62.8 Å².